The number of likely N-dealkylation sites (N-methyl/N-ethyl adjacent to an activating group) is 2. The number of nitrogens with zero attached hydrogens (tertiary/aromatic N) is 4. The van der Waals surface area contributed by atoms with Crippen LogP contribution in [-0.4, -0.2) is 125 Å². The molecule has 16 heteroatoms. The molecule has 280 valence electrons. The van der Waals surface area contributed by atoms with E-state index in [1.165, 1.54) is 40.0 Å². The molecule has 0 aliphatic carbocycles. The van der Waals surface area contributed by atoms with Crippen molar-refractivity contribution in [2.45, 2.75) is 70.7 Å². The van der Waals surface area contributed by atoms with Crippen molar-refractivity contribution in [3.8, 4) is 0 Å². The number of H-pyrrole nitrogens is 1. The number of ether oxygens (including phenoxy) is 1. The van der Waals surface area contributed by atoms with Gasteiger partial charge in [-0.15, -0.1) is 11.3 Å². The van der Waals surface area contributed by atoms with Gasteiger partial charge in [-0.25, -0.2) is 4.98 Å². The van der Waals surface area contributed by atoms with E-state index in [4.69, 9.17) is 4.74 Å². The third-order valence-corrected chi connectivity index (χ3v) is 10.2. The van der Waals surface area contributed by atoms with Gasteiger partial charge in [0.2, 0.25) is 23.6 Å². The molecule has 0 spiro atoms. The molecule has 5 rings (SSSR count). The number of benzene rings is 1. The van der Waals surface area contributed by atoms with Gasteiger partial charge in [-0.3, -0.25) is 28.8 Å². The average molecular weight is 737 g/mol. The molecule has 2 bridgehead atoms. The summed E-state index contributed by atoms with van der Waals surface area (Å²) >= 11 is 1.21. The van der Waals surface area contributed by atoms with E-state index in [-0.39, 0.29) is 50.1 Å². The predicted molar refractivity (Wildman–Crippen MR) is 194 cm³/mol. The number of fused-ring (bicyclic) bond motifs is 3. The largest absolute Gasteiger partial charge is 0.368 e. The van der Waals surface area contributed by atoms with Gasteiger partial charge in [0, 0.05) is 62.7 Å². The maximum Gasteiger partial charge on any atom is 0.271 e. The molecule has 4 atom stereocenters. The van der Waals surface area contributed by atoms with Crippen LogP contribution in [0.2, 0.25) is 0 Å². The van der Waals surface area contributed by atoms with Gasteiger partial charge in [0.1, 0.15) is 28.9 Å². The fourth-order valence-electron chi connectivity index (χ4n) is 6.47. The van der Waals surface area contributed by atoms with Crippen LogP contribution in [0.15, 0.2) is 35.8 Å². The molecular weight excluding hydrogens is 689 g/mol. The van der Waals surface area contributed by atoms with Crippen molar-refractivity contribution in [3.05, 3.63) is 52.1 Å². The lowest BCUT2D eigenvalue weighted by Gasteiger charge is -2.29. The number of rotatable bonds is 5. The Morgan fingerprint density at radius 2 is 1.71 bits per heavy atom. The number of hydrogen-bond acceptors (Lipinski definition) is 9. The first-order chi connectivity index (χ1) is 24.8. The molecule has 6 amide bonds. The van der Waals surface area contributed by atoms with Gasteiger partial charge >= 0.3 is 0 Å². The van der Waals surface area contributed by atoms with Gasteiger partial charge in [-0.2, -0.15) is 0 Å². The summed E-state index contributed by atoms with van der Waals surface area (Å²) in [4.78, 5) is 92.9. The van der Waals surface area contributed by atoms with Crippen molar-refractivity contribution in [3.63, 3.8) is 0 Å². The van der Waals surface area contributed by atoms with Crippen LogP contribution in [-0.2, 0) is 35.1 Å². The molecule has 4 heterocycles. The second-order valence-corrected chi connectivity index (χ2v) is 14.8. The molecule has 1 fully saturated rings. The molecule has 15 nitrogen and oxygen atoms in total. The maximum atomic E-state index is 13.9. The van der Waals surface area contributed by atoms with E-state index in [1.54, 1.807) is 18.6 Å². The molecule has 2 aliphatic rings. The average Bonchev–Trinajstić information content (AvgIpc) is 3.90. The number of hydrogen-bond donors (Lipinski definition) is 4. The highest BCUT2D eigenvalue weighted by Crippen LogP contribution is 2.26. The minimum Gasteiger partial charge on any atom is -0.368 e. The monoisotopic (exact) mass is 736 g/mol. The lowest BCUT2D eigenvalue weighted by molar-refractivity contribution is -0.145. The minimum absolute atomic E-state index is 0.0560. The number of thiazole rings is 1. The Labute approximate surface area is 306 Å². The molecule has 0 saturated carbocycles. The highest BCUT2D eigenvalue weighted by Gasteiger charge is 2.33. The molecule has 4 N–H and O–H groups in total. The molecule has 52 heavy (non-hydrogen) atoms. The summed E-state index contributed by atoms with van der Waals surface area (Å²) in [7, 11) is 3.02. The summed E-state index contributed by atoms with van der Waals surface area (Å²) in [5.74, 6) is -2.69. The van der Waals surface area contributed by atoms with Crippen LogP contribution < -0.4 is 16.0 Å². The van der Waals surface area contributed by atoms with Gasteiger partial charge in [0.25, 0.3) is 11.8 Å². The highest BCUT2D eigenvalue weighted by atomic mass is 32.1. The smallest absolute Gasteiger partial charge is 0.271 e. The van der Waals surface area contributed by atoms with Crippen LogP contribution in [0.1, 0.15) is 67.1 Å². The van der Waals surface area contributed by atoms with Crippen molar-refractivity contribution in [2.75, 3.05) is 46.9 Å². The zero-order valence-corrected chi connectivity index (χ0v) is 31.1. The van der Waals surface area contributed by atoms with E-state index < -0.39 is 53.8 Å². The van der Waals surface area contributed by atoms with Gasteiger partial charge in [-0.1, -0.05) is 32.0 Å². The first kappa shape index (κ1) is 38.4. The highest BCUT2D eigenvalue weighted by molar-refractivity contribution is 7.09. The maximum absolute atomic E-state index is 13.9. The van der Waals surface area contributed by atoms with E-state index in [2.05, 4.69) is 25.9 Å². The van der Waals surface area contributed by atoms with E-state index in [9.17, 15) is 28.8 Å². The van der Waals surface area contributed by atoms with Gasteiger partial charge in [0.15, 0.2) is 0 Å². The zero-order valence-electron chi connectivity index (χ0n) is 30.3. The quantitative estimate of drug-likeness (QED) is 0.304. The first-order valence-electron chi connectivity index (χ1n) is 17.6. The SMILES string of the molecule is CC(C)C[C@@H]1NC(=O)CN(C(=O)[C@H]2CCCO2)CCN(C)C(=O)[C@H](C)NC(=O)CN(C)C(=O)[C@@H](Cc2c[nH]c3ccccc23)NC(=O)c2csc1n2. The first-order valence-corrected chi connectivity index (χ1v) is 18.5. The van der Waals surface area contributed by atoms with Crippen LogP contribution in [0.25, 0.3) is 10.9 Å². The molecule has 2 aromatic heterocycles. The number of nitrogens with one attached hydrogen (secondary N) is 4. The number of amides is 6. The Morgan fingerprint density at radius 1 is 0.962 bits per heavy atom. The molecule has 0 unspecified atom stereocenters. The summed E-state index contributed by atoms with van der Waals surface area (Å²) < 4.78 is 5.63. The van der Waals surface area contributed by atoms with Gasteiger partial charge in [0.05, 0.1) is 19.1 Å². The molecule has 1 saturated heterocycles. The summed E-state index contributed by atoms with van der Waals surface area (Å²) in [6.07, 6.45) is 3.02. The number of carbonyl (C=O) groups is 6. The molecule has 2 aliphatic heterocycles. The van der Waals surface area contributed by atoms with E-state index >= 15 is 0 Å². The van der Waals surface area contributed by atoms with E-state index in [1.807, 2.05) is 38.1 Å². The summed E-state index contributed by atoms with van der Waals surface area (Å²) in [5, 5.41) is 11.5. The van der Waals surface area contributed by atoms with Crippen molar-refractivity contribution < 1.29 is 33.5 Å². The predicted octanol–water partition coefficient (Wildman–Crippen LogP) is 1.61. The lowest BCUT2D eigenvalue weighted by Crippen LogP contribution is -2.53. The zero-order chi connectivity index (χ0) is 37.5. The second kappa shape index (κ2) is 17.1. The lowest BCUT2D eigenvalue weighted by atomic mass is 10.0. The summed E-state index contributed by atoms with van der Waals surface area (Å²) in [6.45, 7) is 5.51. The van der Waals surface area contributed by atoms with Crippen LogP contribution in [0, 0.1) is 5.92 Å². The van der Waals surface area contributed by atoms with Crippen LogP contribution in [0.4, 0.5) is 0 Å². The second-order valence-electron chi connectivity index (χ2n) is 13.9. The van der Waals surface area contributed by atoms with Crippen molar-refractivity contribution in [1.82, 2.24) is 40.6 Å². The fourth-order valence-corrected chi connectivity index (χ4v) is 7.34. The number of aromatic amines is 1. The Morgan fingerprint density at radius 3 is 2.44 bits per heavy atom. The Balaban J connectivity index is 1.45. The summed E-state index contributed by atoms with van der Waals surface area (Å²) in [6, 6.07) is 5.05. The normalized spacial score (nSPS) is 23.4. The van der Waals surface area contributed by atoms with E-state index in [0.29, 0.717) is 24.5 Å². The van der Waals surface area contributed by atoms with Crippen molar-refractivity contribution >= 4 is 57.7 Å². The van der Waals surface area contributed by atoms with Crippen LogP contribution in [0.3, 0.4) is 0 Å². The van der Waals surface area contributed by atoms with E-state index in [0.717, 1.165) is 22.9 Å². The van der Waals surface area contributed by atoms with Crippen molar-refractivity contribution in [2.24, 2.45) is 5.92 Å². The summed E-state index contributed by atoms with van der Waals surface area (Å²) in [5.41, 5.74) is 1.75. The minimum atomic E-state index is -1.06. The Bertz CT molecular complexity index is 1780. The Kier molecular flexibility index (Phi) is 12.6. The fraction of sp³-hybridized carbons (Fsp3) is 0.528. The van der Waals surface area contributed by atoms with Crippen LogP contribution in [0.5, 0.6) is 0 Å². The van der Waals surface area contributed by atoms with Crippen LogP contribution >= 0.6 is 11.3 Å². The third kappa shape index (κ3) is 9.53. The number of aromatic nitrogens is 2. The topological polar surface area (TPSA) is 186 Å². The van der Waals surface area contributed by atoms with Gasteiger partial charge < -0.3 is 40.4 Å². The molecule has 0 radical (unpaired) electrons. The number of carbonyl (C=O) groups excluding carboxylic acids is 6. The van der Waals surface area contributed by atoms with Crippen molar-refractivity contribution in [1.29, 1.82) is 0 Å². The molecule has 1 aromatic carbocycles. The standard InChI is InChI=1S/C36H48N8O7S/c1-21(2)15-26-33-41-28(20-52-33)32(47)40-27(16-23-17-37-25-10-7-6-9-24(23)25)35(49)43(5)18-30(45)38-22(3)34(48)42(4)12-13-44(19-31(46)39-26)36(50)29-11-8-14-51-29/h6-7,9-10,17,20-22,26-27,29,37H,8,11-16,18-19H2,1-5H3,(H,38,45)(H,39,46)(H,40,47)/t22-,26-,27+,29+/m0/s1. The third-order valence-electron chi connectivity index (χ3n) is 9.24. The molecule has 3 aromatic rings. The Hall–Kier alpha value is -4.83. The number of para-hydroxylation sites is 1. The molecular formula is C36H48N8O7S. The van der Waals surface area contributed by atoms with Gasteiger partial charge in [-0.05, 0) is 43.7 Å².